The molecule has 3 aromatic rings. The van der Waals surface area contributed by atoms with Crippen LogP contribution in [-0.4, -0.2) is 41.5 Å². The molecule has 0 atom stereocenters. The number of hydrogen-bond donors (Lipinski definition) is 0. The van der Waals surface area contributed by atoms with E-state index in [1.54, 1.807) is 42.5 Å². The molecule has 1 heterocycles. The van der Waals surface area contributed by atoms with Crippen LogP contribution in [0.5, 0.6) is 11.5 Å². The molecule has 0 N–H and O–H groups in total. The molecule has 0 aliphatic heterocycles. The van der Waals surface area contributed by atoms with Crippen LogP contribution in [0.15, 0.2) is 52.1 Å². The lowest BCUT2D eigenvalue weighted by atomic mass is 10.2. The van der Waals surface area contributed by atoms with Gasteiger partial charge in [0.05, 0.1) is 25.6 Å². The van der Waals surface area contributed by atoms with Crippen molar-refractivity contribution < 1.29 is 14.3 Å². The van der Waals surface area contributed by atoms with E-state index in [9.17, 15) is 14.4 Å². The second kappa shape index (κ2) is 8.42. The van der Waals surface area contributed by atoms with Crippen molar-refractivity contribution in [3.63, 3.8) is 0 Å². The molecule has 0 aliphatic rings. The summed E-state index contributed by atoms with van der Waals surface area (Å²) in [6.07, 6.45) is 0. The summed E-state index contributed by atoms with van der Waals surface area (Å²) in [5.74, 6) is 0.205. The number of carbonyl (C=O) groups excluding carboxylic acids is 1. The van der Waals surface area contributed by atoms with E-state index in [0.29, 0.717) is 27.9 Å². The van der Waals surface area contributed by atoms with Gasteiger partial charge >= 0.3 is 5.69 Å². The minimum absolute atomic E-state index is 0.360. The number of anilines is 1. The van der Waals surface area contributed by atoms with Crippen molar-refractivity contribution in [3.05, 3.63) is 74.0 Å². The van der Waals surface area contributed by atoms with Gasteiger partial charge in [0, 0.05) is 25.2 Å². The van der Waals surface area contributed by atoms with Crippen LogP contribution in [0, 0.1) is 0 Å². The molecule has 0 spiro atoms. The molecule has 9 nitrogen and oxygen atoms in total. The van der Waals surface area contributed by atoms with Gasteiger partial charge in [-0.3, -0.25) is 14.2 Å². The van der Waals surface area contributed by atoms with Crippen LogP contribution >= 0.6 is 11.6 Å². The van der Waals surface area contributed by atoms with Crippen LogP contribution in [-0.2, 0) is 7.05 Å². The lowest BCUT2D eigenvalue weighted by Gasteiger charge is -2.20. The van der Waals surface area contributed by atoms with E-state index in [1.807, 2.05) is 0 Å². The molecule has 2 aromatic carbocycles. The van der Waals surface area contributed by atoms with Crippen molar-refractivity contribution >= 4 is 23.2 Å². The number of aromatic nitrogens is 3. The van der Waals surface area contributed by atoms with Crippen molar-refractivity contribution in [1.82, 2.24) is 14.3 Å². The second-order valence-corrected chi connectivity index (χ2v) is 6.72. The normalized spacial score (nSPS) is 10.6. The summed E-state index contributed by atoms with van der Waals surface area (Å²) in [6, 6.07) is 11.2. The smallest absolute Gasteiger partial charge is 0.351 e. The van der Waals surface area contributed by atoms with E-state index < -0.39 is 22.9 Å². The Morgan fingerprint density at radius 3 is 2.33 bits per heavy atom. The molecule has 0 saturated heterocycles. The summed E-state index contributed by atoms with van der Waals surface area (Å²) in [4.78, 5) is 39.5. The fourth-order valence-corrected chi connectivity index (χ4v) is 2.91. The van der Waals surface area contributed by atoms with E-state index in [4.69, 9.17) is 21.1 Å². The first-order chi connectivity index (χ1) is 14.3. The van der Waals surface area contributed by atoms with Gasteiger partial charge in [-0.05, 0) is 36.4 Å². The average molecular weight is 431 g/mol. The zero-order chi connectivity index (χ0) is 22.0. The predicted octanol–water partition coefficient (Wildman–Crippen LogP) is 1.88. The Balaban J connectivity index is 2.11. The maximum atomic E-state index is 13.1. The number of halogens is 1. The molecule has 10 heteroatoms. The van der Waals surface area contributed by atoms with E-state index in [1.165, 1.54) is 33.2 Å². The number of carbonyl (C=O) groups is 1. The van der Waals surface area contributed by atoms with Gasteiger partial charge in [-0.15, -0.1) is 0 Å². The van der Waals surface area contributed by atoms with Crippen molar-refractivity contribution in [2.45, 2.75) is 0 Å². The zero-order valence-corrected chi connectivity index (χ0v) is 17.5. The van der Waals surface area contributed by atoms with Crippen LogP contribution in [0.25, 0.3) is 5.69 Å². The Morgan fingerprint density at radius 2 is 1.73 bits per heavy atom. The third-order valence-electron chi connectivity index (χ3n) is 4.50. The van der Waals surface area contributed by atoms with Gasteiger partial charge in [0.25, 0.3) is 11.5 Å². The van der Waals surface area contributed by atoms with Crippen molar-refractivity contribution in [2.75, 3.05) is 26.2 Å². The van der Waals surface area contributed by atoms with Crippen LogP contribution in [0.2, 0.25) is 5.02 Å². The van der Waals surface area contributed by atoms with Gasteiger partial charge in [-0.2, -0.15) is 9.78 Å². The number of benzene rings is 2. The molecular formula is C20H19ClN4O5. The molecule has 0 radical (unpaired) electrons. The molecular weight excluding hydrogens is 412 g/mol. The number of amides is 1. The molecule has 156 valence electrons. The monoisotopic (exact) mass is 430 g/mol. The predicted molar refractivity (Wildman–Crippen MR) is 112 cm³/mol. The van der Waals surface area contributed by atoms with Crippen molar-refractivity contribution in [2.24, 2.45) is 7.05 Å². The molecule has 30 heavy (non-hydrogen) atoms. The quantitative estimate of drug-likeness (QED) is 0.613. The number of nitrogens with zero attached hydrogens (tertiary/aromatic N) is 4. The molecule has 0 aliphatic carbocycles. The highest BCUT2D eigenvalue weighted by Crippen LogP contribution is 2.31. The number of ether oxygens (including phenoxy) is 2. The Bertz CT molecular complexity index is 1220. The third kappa shape index (κ3) is 3.79. The molecule has 0 bridgehead atoms. The number of methoxy groups -OCH3 is 2. The SMILES string of the molecule is COc1ccc(N(C)C(=O)c2nn(-c3ccc(Cl)cc3)c(=O)n(C)c2=O)c(OC)c1. The Morgan fingerprint density at radius 1 is 1.07 bits per heavy atom. The topological polar surface area (TPSA) is 95.7 Å². The first kappa shape index (κ1) is 21.1. The maximum absolute atomic E-state index is 13.1. The van der Waals surface area contributed by atoms with E-state index >= 15 is 0 Å². The molecule has 1 amide bonds. The van der Waals surface area contributed by atoms with Gasteiger partial charge in [0.2, 0.25) is 5.69 Å². The fraction of sp³-hybridized carbons (Fsp3) is 0.200. The van der Waals surface area contributed by atoms with Gasteiger partial charge in [0.15, 0.2) is 0 Å². The highest BCUT2D eigenvalue weighted by molar-refractivity contribution is 6.30. The number of hydrogen-bond acceptors (Lipinski definition) is 6. The van der Waals surface area contributed by atoms with Crippen molar-refractivity contribution in [1.29, 1.82) is 0 Å². The average Bonchev–Trinajstić information content (AvgIpc) is 2.77. The standard InChI is InChI=1S/C20H19ClN4O5/c1-23(15-10-9-14(29-3)11-16(15)30-4)18(26)17-19(27)24(2)20(28)25(22-17)13-7-5-12(21)6-8-13/h5-11H,1-4H3. The van der Waals surface area contributed by atoms with Crippen molar-refractivity contribution in [3.8, 4) is 17.2 Å². The minimum Gasteiger partial charge on any atom is -0.497 e. The first-order valence-electron chi connectivity index (χ1n) is 8.75. The van der Waals surface area contributed by atoms with Gasteiger partial charge in [-0.25, -0.2) is 4.79 Å². The highest BCUT2D eigenvalue weighted by Gasteiger charge is 2.24. The molecule has 0 fully saturated rings. The van der Waals surface area contributed by atoms with Crippen LogP contribution in [0.1, 0.15) is 10.5 Å². The Hall–Kier alpha value is -3.59. The van der Waals surface area contributed by atoms with Gasteiger partial charge < -0.3 is 14.4 Å². The summed E-state index contributed by atoms with van der Waals surface area (Å²) in [7, 11) is 5.72. The Kier molecular flexibility index (Phi) is 5.93. The zero-order valence-electron chi connectivity index (χ0n) is 16.7. The van der Waals surface area contributed by atoms with E-state index in [2.05, 4.69) is 5.10 Å². The minimum atomic E-state index is -0.811. The third-order valence-corrected chi connectivity index (χ3v) is 4.75. The first-order valence-corrected chi connectivity index (χ1v) is 9.12. The largest absolute Gasteiger partial charge is 0.497 e. The maximum Gasteiger partial charge on any atom is 0.351 e. The van der Waals surface area contributed by atoms with Gasteiger partial charge in [-0.1, -0.05) is 11.6 Å². The van der Waals surface area contributed by atoms with Crippen LogP contribution in [0.3, 0.4) is 0 Å². The number of rotatable bonds is 5. The summed E-state index contributed by atoms with van der Waals surface area (Å²) >= 11 is 5.89. The molecule has 1 aromatic heterocycles. The summed E-state index contributed by atoms with van der Waals surface area (Å²) in [6.45, 7) is 0. The van der Waals surface area contributed by atoms with Crippen LogP contribution in [0.4, 0.5) is 5.69 Å². The lowest BCUT2D eigenvalue weighted by Crippen LogP contribution is -2.45. The second-order valence-electron chi connectivity index (χ2n) is 6.29. The highest BCUT2D eigenvalue weighted by atomic mass is 35.5. The fourth-order valence-electron chi connectivity index (χ4n) is 2.79. The summed E-state index contributed by atoms with van der Waals surface area (Å²) in [5, 5.41) is 4.51. The summed E-state index contributed by atoms with van der Waals surface area (Å²) in [5.41, 5.74) is -1.17. The van der Waals surface area contributed by atoms with Gasteiger partial charge in [0.1, 0.15) is 11.5 Å². The van der Waals surface area contributed by atoms with E-state index in [-0.39, 0.29) is 0 Å². The summed E-state index contributed by atoms with van der Waals surface area (Å²) < 4.78 is 12.3. The molecule has 0 saturated carbocycles. The van der Waals surface area contributed by atoms with Crippen LogP contribution < -0.4 is 25.6 Å². The van der Waals surface area contributed by atoms with E-state index in [0.717, 1.165) is 9.25 Å². The Labute approximate surface area is 176 Å². The lowest BCUT2D eigenvalue weighted by molar-refractivity contribution is 0.0983. The molecule has 3 rings (SSSR count). The molecule has 0 unspecified atom stereocenters.